The van der Waals surface area contributed by atoms with E-state index in [-0.39, 0.29) is 29.2 Å². The van der Waals surface area contributed by atoms with Gasteiger partial charge in [0.2, 0.25) is 0 Å². The molecule has 0 N–H and O–H groups in total. The molecule has 0 radical (unpaired) electrons. The van der Waals surface area contributed by atoms with Gasteiger partial charge in [-0.25, -0.2) is 4.98 Å². The smallest absolute Gasteiger partial charge is 0.305 e. The van der Waals surface area contributed by atoms with Crippen molar-refractivity contribution >= 4 is 17.4 Å². The zero-order valence-corrected chi connectivity index (χ0v) is 27.4. The van der Waals surface area contributed by atoms with Crippen molar-refractivity contribution in [2.24, 2.45) is 17.8 Å². The lowest BCUT2D eigenvalue weighted by atomic mass is 9.58. The van der Waals surface area contributed by atoms with Crippen LogP contribution in [-0.2, 0) is 21.5 Å². The van der Waals surface area contributed by atoms with E-state index in [0.29, 0.717) is 24.7 Å². The summed E-state index contributed by atoms with van der Waals surface area (Å²) in [5, 5.41) is 0. The van der Waals surface area contributed by atoms with Crippen LogP contribution in [0.2, 0.25) is 0 Å². The Morgan fingerprint density at radius 3 is 2.31 bits per heavy atom. The van der Waals surface area contributed by atoms with Crippen LogP contribution in [0.1, 0.15) is 80.5 Å². The van der Waals surface area contributed by atoms with Gasteiger partial charge in [-0.15, -0.1) is 0 Å². The molecule has 7 nitrogen and oxygen atoms in total. The fourth-order valence-corrected chi connectivity index (χ4v) is 8.55. The molecule has 3 aliphatic rings. The summed E-state index contributed by atoms with van der Waals surface area (Å²) in [6.45, 7) is 12.2. The fraction of sp³-hybridized carbons (Fsp3) is 0.553. The molecule has 0 unspecified atom stereocenters. The van der Waals surface area contributed by atoms with Gasteiger partial charge >= 0.3 is 5.97 Å². The van der Waals surface area contributed by atoms with Crippen molar-refractivity contribution < 1.29 is 14.3 Å². The van der Waals surface area contributed by atoms with Crippen molar-refractivity contribution in [1.82, 2.24) is 14.5 Å². The van der Waals surface area contributed by atoms with Crippen LogP contribution in [0, 0.1) is 24.7 Å². The molecule has 1 saturated carbocycles. The predicted molar refractivity (Wildman–Crippen MR) is 179 cm³/mol. The first-order valence-electron chi connectivity index (χ1n) is 17.2. The number of esters is 1. The van der Waals surface area contributed by atoms with Crippen molar-refractivity contribution in [2.45, 2.75) is 83.8 Å². The van der Waals surface area contributed by atoms with Gasteiger partial charge in [-0.2, -0.15) is 0 Å². The van der Waals surface area contributed by atoms with E-state index < -0.39 is 0 Å². The Labute approximate surface area is 269 Å². The van der Waals surface area contributed by atoms with Gasteiger partial charge in [0.1, 0.15) is 11.9 Å². The summed E-state index contributed by atoms with van der Waals surface area (Å²) in [6.07, 6.45) is 10.4. The number of likely N-dealkylation sites (tertiary alicyclic amines) is 1. The number of imidazole rings is 1. The van der Waals surface area contributed by atoms with Gasteiger partial charge in [-0.1, -0.05) is 44.2 Å². The topological polar surface area (TPSA) is 67.7 Å². The summed E-state index contributed by atoms with van der Waals surface area (Å²) in [4.78, 5) is 34.3. The van der Waals surface area contributed by atoms with Gasteiger partial charge in [0.25, 0.3) is 0 Å². The summed E-state index contributed by atoms with van der Waals surface area (Å²) in [7, 11) is 0. The minimum absolute atomic E-state index is 0.0466. The molecule has 1 aliphatic carbocycles. The molecule has 2 aliphatic heterocycles. The van der Waals surface area contributed by atoms with Crippen molar-refractivity contribution in [3.8, 4) is 0 Å². The first-order valence-corrected chi connectivity index (χ1v) is 17.2. The monoisotopic (exact) mass is 610 g/mol. The molecule has 0 amide bonds. The van der Waals surface area contributed by atoms with Crippen molar-refractivity contribution in [3.63, 3.8) is 0 Å². The fourth-order valence-electron chi connectivity index (χ4n) is 8.55. The first-order chi connectivity index (χ1) is 21.9. The quantitative estimate of drug-likeness (QED) is 0.168. The SMILES string of the molecule is CCC(=O)O[C@H]1CCC[C@@H]1[C@](Cn1ccnc1C)(c1ccccc1)C1CCN(CC2CN(c3ccc(C(=O)CC)cc3)C2)CC1. The van der Waals surface area contributed by atoms with E-state index in [2.05, 4.69) is 74.9 Å². The minimum Gasteiger partial charge on any atom is -0.462 e. The Morgan fingerprint density at radius 2 is 1.67 bits per heavy atom. The number of anilines is 1. The average Bonchev–Trinajstić information content (AvgIpc) is 3.70. The Hall–Kier alpha value is -3.45. The van der Waals surface area contributed by atoms with Crippen LogP contribution in [0.3, 0.4) is 0 Å². The number of ketones is 1. The number of piperidine rings is 1. The van der Waals surface area contributed by atoms with Gasteiger partial charge in [-0.3, -0.25) is 9.59 Å². The van der Waals surface area contributed by atoms with E-state index >= 15 is 0 Å². The Balaban J connectivity index is 1.17. The van der Waals surface area contributed by atoms with E-state index in [0.717, 1.165) is 82.8 Å². The lowest BCUT2D eigenvalue weighted by Crippen LogP contribution is -2.55. The third-order valence-electron chi connectivity index (χ3n) is 11.0. The van der Waals surface area contributed by atoms with Gasteiger partial charge in [0.05, 0.1) is 0 Å². The first kappa shape index (κ1) is 31.5. The lowest BCUT2D eigenvalue weighted by molar-refractivity contribution is -0.152. The number of benzene rings is 2. The molecular weight excluding hydrogens is 560 g/mol. The summed E-state index contributed by atoms with van der Waals surface area (Å²) >= 11 is 0. The number of rotatable bonds is 12. The molecule has 3 aromatic rings. The molecule has 6 rings (SSSR count). The highest BCUT2D eigenvalue weighted by Gasteiger charge is 2.53. The lowest BCUT2D eigenvalue weighted by Gasteiger charge is -2.51. The molecule has 2 saturated heterocycles. The third-order valence-corrected chi connectivity index (χ3v) is 11.0. The van der Waals surface area contributed by atoms with Crippen LogP contribution in [-0.4, -0.2) is 65.0 Å². The highest BCUT2D eigenvalue weighted by atomic mass is 16.5. The van der Waals surface area contributed by atoms with E-state index in [4.69, 9.17) is 4.74 Å². The van der Waals surface area contributed by atoms with Crippen molar-refractivity contribution in [2.75, 3.05) is 37.6 Å². The maximum Gasteiger partial charge on any atom is 0.305 e. The van der Waals surface area contributed by atoms with Gasteiger partial charge in [-0.05, 0) is 87.9 Å². The number of hydrogen-bond acceptors (Lipinski definition) is 6. The zero-order chi connectivity index (χ0) is 31.4. The Bertz CT molecular complexity index is 1420. The molecule has 0 spiro atoms. The standard InChI is InChI=1S/C38H50N4O3/c1-4-35(43)30-14-16-33(17-15-30)42-25-29(26-42)24-40-21-18-32(19-22-40)38(31-10-7-6-8-11-31,27-41-23-20-39-28(41)3)34-12-9-13-36(34)45-37(44)5-2/h6-8,10-11,14-17,20,23,29,32,34,36H,4-5,9,12-13,18-19,21-22,24-27H2,1-3H3/t34-,36-,38+/m0/s1. The summed E-state index contributed by atoms with van der Waals surface area (Å²) in [5.41, 5.74) is 3.26. The molecule has 3 fully saturated rings. The highest BCUT2D eigenvalue weighted by Crippen LogP contribution is 2.52. The number of carbonyl (C=O) groups excluding carboxylic acids is 2. The van der Waals surface area contributed by atoms with E-state index in [1.807, 2.05) is 32.2 Å². The highest BCUT2D eigenvalue weighted by molar-refractivity contribution is 5.96. The summed E-state index contributed by atoms with van der Waals surface area (Å²) < 4.78 is 8.55. The number of aromatic nitrogens is 2. The normalized spacial score (nSPS) is 22.6. The van der Waals surface area contributed by atoms with Crippen LogP contribution in [0.5, 0.6) is 0 Å². The Morgan fingerprint density at radius 1 is 0.933 bits per heavy atom. The number of nitrogens with zero attached hydrogens (tertiary/aromatic N) is 4. The van der Waals surface area contributed by atoms with Gasteiger partial charge in [0.15, 0.2) is 5.78 Å². The van der Waals surface area contributed by atoms with Crippen LogP contribution < -0.4 is 4.90 Å². The minimum atomic E-state index is -0.146. The van der Waals surface area contributed by atoms with Crippen LogP contribution in [0.15, 0.2) is 67.0 Å². The zero-order valence-electron chi connectivity index (χ0n) is 27.4. The summed E-state index contributed by atoms with van der Waals surface area (Å²) in [5.74, 6) is 2.57. The maximum absolute atomic E-state index is 12.6. The molecule has 7 heteroatoms. The Kier molecular flexibility index (Phi) is 9.74. The van der Waals surface area contributed by atoms with Gasteiger partial charge < -0.3 is 19.1 Å². The number of ether oxygens (including phenoxy) is 1. The van der Waals surface area contributed by atoms with Crippen LogP contribution >= 0.6 is 0 Å². The molecular formula is C38H50N4O3. The number of Topliss-reactive ketones (excluding diaryl/α,β-unsaturated/α-hetero) is 1. The van der Waals surface area contributed by atoms with Crippen molar-refractivity contribution in [3.05, 3.63) is 83.9 Å². The second kappa shape index (κ2) is 13.9. The van der Waals surface area contributed by atoms with E-state index in [9.17, 15) is 9.59 Å². The van der Waals surface area contributed by atoms with Crippen LogP contribution in [0.25, 0.3) is 0 Å². The summed E-state index contributed by atoms with van der Waals surface area (Å²) in [6, 6.07) is 19.3. The molecule has 45 heavy (non-hydrogen) atoms. The number of hydrogen-bond donors (Lipinski definition) is 0. The average molecular weight is 611 g/mol. The molecule has 3 atom stereocenters. The number of aryl methyl sites for hydroxylation is 1. The van der Waals surface area contributed by atoms with Gasteiger partial charge in [0, 0.05) is 79.9 Å². The molecule has 0 bridgehead atoms. The predicted octanol–water partition coefficient (Wildman–Crippen LogP) is 6.69. The maximum atomic E-state index is 12.6. The molecule has 3 heterocycles. The molecule has 2 aromatic carbocycles. The largest absolute Gasteiger partial charge is 0.462 e. The second-order valence-corrected chi connectivity index (χ2v) is 13.6. The van der Waals surface area contributed by atoms with Crippen molar-refractivity contribution in [1.29, 1.82) is 0 Å². The molecule has 1 aromatic heterocycles. The van der Waals surface area contributed by atoms with E-state index in [1.165, 1.54) is 11.3 Å². The van der Waals surface area contributed by atoms with Crippen LogP contribution in [0.4, 0.5) is 5.69 Å². The second-order valence-electron chi connectivity index (χ2n) is 13.6. The van der Waals surface area contributed by atoms with E-state index in [1.54, 1.807) is 0 Å². The molecule has 240 valence electrons. The number of carbonyl (C=O) groups is 2. The third kappa shape index (κ3) is 6.60.